The summed E-state index contributed by atoms with van der Waals surface area (Å²) in [6.45, 7) is 9.90. The molecule has 6 amide bonds. The molecule has 0 fully saturated rings. The van der Waals surface area contributed by atoms with Gasteiger partial charge in [0, 0.05) is 45.2 Å². The fourth-order valence-corrected chi connectivity index (χ4v) is 7.16. The number of tetrazole rings is 1. The Hall–Kier alpha value is -5.30. The second-order valence-electron chi connectivity index (χ2n) is 15.8. The highest BCUT2D eigenvalue weighted by molar-refractivity contribution is 7.90. The SMILES string of the molecule is CCCNC(=O)CNC(=O)COCCOCCNC(=O)CCC(NC(=O)CCC(NC(=O)CCCS(=O)(=O)NC(=O)CC(C)(C)CC(C)(C)Cc1nn[nH]n1)C(=O)O)C(=O)O. The number of aliphatic carboxylic acids is 2. The van der Waals surface area contributed by atoms with Gasteiger partial charge < -0.3 is 46.3 Å². The lowest BCUT2D eigenvalue weighted by atomic mass is 9.71. The Morgan fingerprint density at radius 3 is 1.90 bits per heavy atom. The fourth-order valence-electron chi connectivity index (χ4n) is 6.12. The number of carbonyl (C=O) groups is 8. The Labute approximate surface area is 354 Å². The molecule has 25 heteroatoms. The van der Waals surface area contributed by atoms with Crippen LogP contribution in [-0.2, 0) is 64.3 Å². The summed E-state index contributed by atoms with van der Waals surface area (Å²) in [6, 6.07) is -3.03. The Morgan fingerprint density at radius 1 is 0.721 bits per heavy atom. The maximum absolute atomic E-state index is 12.6. The van der Waals surface area contributed by atoms with Crippen LogP contribution in [0.1, 0.15) is 98.2 Å². The Morgan fingerprint density at radius 2 is 1.31 bits per heavy atom. The molecular weight excluding hydrogens is 829 g/mol. The molecule has 61 heavy (non-hydrogen) atoms. The van der Waals surface area contributed by atoms with Crippen LogP contribution < -0.4 is 31.3 Å². The van der Waals surface area contributed by atoms with Gasteiger partial charge >= 0.3 is 11.9 Å². The van der Waals surface area contributed by atoms with Crippen LogP contribution in [0.3, 0.4) is 0 Å². The largest absolute Gasteiger partial charge is 0.480 e. The Balaban J connectivity index is 2.36. The zero-order valence-corrected chi connectivity index (χ0v) is 36.2. The molecule has 0 spiro atoms. The highest BCUT2D eigenvalue weighted by Gasteiger charge is 2.33. The van der Waals surface area contributed by atoms with Crippen molar-refractivity contribution in [1.82, 2.24) is 51.9 Å². The second-order valence-corrected chi connectivity index (χ2v) is 17.6. The molecule has 1 aromatic rings. The normalized spacial score (nSPS) is 12.7. The molecule has 346 valence electrons. The summed E-state index contributed by atoms with van der Waals surface area (Å²) < 4.78 is 37.6. The molecule has 0 bridgehead atoms. The summed E-state index contributed by atoms with van der Waals surface area (Å²) in [4.78, 5) is 96.5. The van der Waals surface area contributed by atoms with E-state index in [1.165, 1.54) is 0 Å². The molecule has 0 aromatic carbocycles. The zero-order chi connectivity index (χ0) is 46.1. The third kappa shape index (κ3) is 26.5. The van der Waals surface area contributed by atoms with Crippen molar-refractivity contribution in [2.75, 3.05) is 51.8 Å². The number of aromatic amines is 1. The van der Waals surface area contributed by atoms with E-state index < -0.39 is 94.0 Å². The van der Waals surface area contributed by atoms with Crippen LogP contribution in [0.2, 0.25) is 0 Å². The lowest BCUT2D eigenvalue weighted by Crippen LogP contribution is -2.44. The quantitative estimate of drug-likeness (QED) is 0.0355. The van der Waals surface area contributed by atoms with E-state index in [0.29, 0.717) is 25.2 Å². The number of hydrogen-bond donors (Lipinski definition) is 9. The van der Waals surface area contributed by atoms with Gasteiger partial charge in [-0.3, -0.25) is 33.5 Å². The van der Waals surface area contributed by atoms with E-state index in [1.807, 2.05) is 39.3 Å². The standard InChI is InChI=1S/C36H62N10O14S/c1-6-13-37-31(51)21-39-32(52)22-60-17-16-59-15-14-38-27(47)11-9-24(33(53)54)41-29(49)12-10-25(34(55)56)40-28(48)8-7-18-61(57,58)44-30(50)20-36(4,5)23-35(2,3)19-26-42-45-46-43-26/h24-25H,6-23H2,1-5H3,(H,37,51)(H,38,47)(H,39,52)(H,40,48)(H,41,49)(H,44,50)(H,53,54)(H,55,56)(H,42,43,45,46). The second kappa shape index (κ2) is 27.5. The first-order valence-electron chi connectivity index (χ1n) is 19.8. The van der Waals surface area contributed by atoms with Gasteiger partial charge in [-0.05, 0) is 42.9 Å². The minimum atomic E-state index is -4.13. The molecule has 2 atom stereocenters. The topological polar surface area (TPSA) is 356 Å². The number of H-pyrrole nitrogens is 1. The summed E-state index contributed by atoms with van der Waals surface area (Å²) in [5.41, 5.74) is -0.935. The number of hydrogen-bond acceptors (Lipinski definition) is 15. The van der Waals surface area contributed by atoms with Gasteiger partial charge in [0.1, 0.15) is 18.7 Å². The molecule has 0 aliphatic rings. The molecule has 24 nitrogen and oxygen atoms in total. The molecule has 1 rings (SSSR count). The van der Waals surface area contributed by atoms with Gasteiger partial charge in [-0.25, -0.2) is 18.0 Å². The van der Waals surface area contributed by atoms with E-state index in [2.05, 4.69) is 47.2 Å². The highest BCUT2D eigenvalue weighted by Crippen LogP contribution is 2.37. The van der Waals surface area contributed by atoms with Crippen LogP contribution in [0, 0.1) is 10.8 Å². The zero-order valence-electron chi connectivity index (χ0n) is 35.4. The maximum Gasteiger partial charge on any atom is 0.326 e. The number of carbonyl (C=O) groups excluding carboxylic acids is 6. The molecule has 0 saturated carbocycles. The molecule has 1 aromatic heterocycles. The number of carboxylic acid groups (broad SMARTS) is 2. The van der Waals surface area contributed by atoms with E-state index >= 15 is 0 Å². The van der Waals surface area contributed by atoms with Crippen LogP contribution >= 0.6 is 0 Å². The summed E-state index contributed by atoms with van der Waals surface area (Å²) >= 11 is 0. The van der Waals surface area contributed by atoms with Crippen molar-refractivity contribution < 1.29 is 66.5 Å². The van der Waals surface area contributed by atoms with E-state index in [4.69, 9.17) is 9.47 Å². The Kier molecular flexibility index (Phi) is 24.2. The van der Waals surface area contributed by atoms with Crippen LogP contribution in [0.4, 0.5) is 0 Å². The third-order valence-electron chi connectivity index (χ3n) is 8.49. The van der Waals surface area contributed by atoms with Crippen molar-refractivity contribution >= 4 is 57.4 Å². The van der Waals surface area contributed by atoms with Gasteiger partial charge in [0.15, 0.2) is 5.82 Å². The number of nitrogens with zero attached hydrogens (tertiary/aromatic N) is 3. The van der Waals surface area contributed by atoms with Gasteiger partial charge in [-0.15, -0.1) is 10.2 Å². The molecule has 1 heterocycles. The first-order valence-corrected chi connectivity index (χ1v) is 21.4. The summed E-state index contributed by atoms with van der Waals surface area (Å²) in [5.74, 6) is -6.71. The molecule has 2 unspecified atom stereocenters. The van der Waals surface area contributed by atoms with Gasteiger partial charge in [0.05, 0.1) is 32.1 Å². The van der Waals surface area contributed by atoms with Gasteiger partial charge in [-0.2, -0.15) is 5.21 Å². The van der Waals surface area contributed by atoms with E-state index in [0.717, 1.165) is 6.42 Å². The molecule has 0 radical (unpaired) electrons. The molecule has 0 aliphatic heterocycles. The lowest BCUT2D eigenvalue weighted by molar-refractivity contribution is -0.143. The van der Waals surface area contributed by atoms with Crippen molar-refractivity contribution in [2.45, 2.75) is 111 Å². The molecular formula is C36H62N10O14S. The first-order chi connectivity index (χ1) is 28.5. The number of rotatable bonds is 33. The number of carboxylic acids is 2. The monoisotopic (exact) mass is 890 g/mol. The van der Waals surface area contributed by atoms with Gasteiger partial charge in [-0.1, -0.05) is 39.8 Å². The summed E-state index contributed by atoms with van der Waals surface area (Å²) in [5, 5.41) is 44.9. The van der Waals surface area contributed by atoms with E-state index in [-0.39, 0.29) is 76.5 Å². The van der Waals surface area contributed by atoms with Crippen LogP contribution in [0.25, 0.3) is 0 Å². The van der Waals surface area contributed by atoms with Crippen LogP contribution in [0.5, 0.6) is 0 Å². The van der Waals surface area contributed by atoms with Crippen molar-refractivity contribution in [1.29, 1.82) is 0 Å². The number of amides is 6. The average molecular weight is 891 g/mol. The lowest BCUT2D eigenvalue weighted by Gasteiger charge is -2.34. The smallest absolute Gasteiger partial charge is 0.326 e. The predicted octanol–water partition coefficient (Wildman–Crippen LogP) is -1.71. The van der Waals surface area contributed by atoms with Crippen molar-refractivity contribution in [3.05, 3.63) is 5.82 Å². The minimum absolute atomic E-state index is 0.0726. The predicted molar refractivity (Wildman–Crippen MR) is 214 cm³/mol. The number of sulfonamides is 1. The molecule has 0 aliphatic carbocycles. The number of ether oxygens (including phenoxy) is 2. The number of nitrogens with one attached hydrogen (secondary N) is 7. The van der Waals surface area contributed by atoms with Crippen molar-refractivity contribution in [3.8, 4) is 0 Å². The molecule has 0 saturated heterocycles. The van der Waals surface area contributed by atoms with E-state index in [9.17, 15) is 57.0 Å². The number of aromatic nitrogens is 4. The maximum atomic E-state index is 12.6. The average Bonchev–Trinajstić information content (AvgIpc) is 3.65. The Bertz CT molecular complexity index is 1710. The van der Waals surface area contributed by atoms with Gasteiger partial charge in [0.25, 0.3) is 0 Å². The summed E-state index contributed by atoms with van der Waals surface area (Å²) in [6.07, 6.45) is -0.475. The minimum Gasteiger partial charge on any atom is -0.480 e. The van der Waals surface area contributed by atoms with Crippen molar-refractivity contribution in [2.24, 2.45) is 10.8 Å². The van der Waals surface area contributed by atoms with E-state index in [1.54, 1.807) is 0 Å². The third-order valence-corrected chi connectivity index (χ3v) is 9.85. The van der Waals surface area contributed by atoms with Gasteiger partial charge in [0.2, 0.25) is 45.5 Å². The highest BCUT2D eigenvalue weighted by atomic mass is 32.2. The van der Waals surface area contributed by atoms with Crippen LogP contribution in [0.15, 0.2) is 0 Å². The summed E-state index contributed by atoms with van der Waals surface area (Å²) in [7, 11) is -4.13. The molecule has 9 N–H and O–H groups in total. The van der Waals surface area contributed by atoms with Crippen LogP contribution in [-0.4, -0.2) is 151 Å². The fraction of sp³-hybridized carbons (Fsp3) is 0.750. The van der Waals surface area contributed by atoms with Crippen molar-refractivity contribution in [3.63, 3.8) is 0 Å². The first kappa shape index (κ1) is 53.7.